The molecule has 116 valence electrons. The normalized spacial score (nSPS) is 24.8. The van der Waals surface area contributed by atoms with Crippen molar-refractivity contribution in [2.45, 2.75) is 30.2 Å². The van der Waals surface area contributed by atoms with E-state index < -0.39 is 15.8 Å². The number of hydrogen-bond acceptors (Lipinski definition) is 3. The molecule has 0 radical (unpaired) electrons. The molecule has 0 amide bonds. The quantitative estimate of drug-likeness (QED) is 0.795. The highest BCUT2D eigenvalue weighted by Crippen LogP contribution is 2.29. The average molecular weight is 377 g/mol. The zero-order valence-corrected chi connectivity index (χ0v) is 14.0. The Hall–Kier alpha value is -0.500. The summed E-state index contributed by atoms with van der Waals surface area (Å²) in [6.07, 6.45) is 3.03. The number of sulfonamides is 1. The van der Waals surface area contributed by atoms with Crippen LogP contribution in [-0.2, 0) is 10.0 Å². The average Bonchev–Trinajstić information content (AvgIpc) is 2.75. The van der Waals surface area contributed by atoms with Crippen molar-refractivity contribution < 1.29 is 12.8 Å². The Morgan fingerprint density at radius 3 is 2.71 bits per heavy atom. The Morgan fingerprint density at radius 1 is 1.19 bits per heavy atom. The molecule has 0 saturated carbocycles. The summed E-state index contributed by atoms with van der Waals surface area (Å²) in [4.78, 5) is 2.53. The molecule has 0 spiro atoms. The molecule has 0 aromatic heterocycles. The zero-order valence-electron chi connectivity index (χ0n) is 11.6. The minimum Gasteiger partial charge on any atom is -0.299 e. The first-order valence-electron chi connectivity index (χ1n) is 7.18. The van der Waals surface area contributed by atoms with Gasteiger partial charge in [-0.05, 0) is 66.5 Å². The van der Waals surface area contributed by atoms with Gasteiger partial charge in [0.1, 0.15) is 5.82 Å². The van der Waals surface area contributed by atoms with E-state index in [-0.39, 0.29) is 9.37 Å². The van der Waals surface area contributed by atoms with Gasteiger partial charge in [0, 0.05) is 23.6 Å². The molecule has 2 heterocycles. The Kier molecular flexibility index (Phi) is 4.36. The number of benzene rings is 1. The van der Waals surface area contributed by atoms with Gasteiger partial charge in [0.2, 0.25) is 10.0 Å². The Labute approximate surface area is 133 Å². The molecule has 2 aliphatic heterocycles. The van der Waals surface area contributed by atoms with E-state index in [0.717, 1.165) is 32.4 Å². The Balaban J connectivity index is 1.90. The van der Waals surface area contributed by atoms with Crippen LogP contribution in [0.5, 0.6) is 0 Å². The lowest BCUT2D eigenvalue weighted by molar-refractivity contribution is 0.257. The largest absolute Gasteiger partial charge is 0.299 e. The maximum Gasteiger partial charge on any atom is 0.244 e. The minimum atomic E-state index is -3.58. The summed E-state index contributed by atoms with van der Waals surface area (Å²) in [7, 11) is -3.58. The minimum absolute atomic E-state index is 0.148. The van der Waals surface area contributed by atoms with Gasteiger partial charge in [-0.3, -0.25) is 4.90 Å². The molecule has 1 atom stereocenters. The lowest BCUT2D eigenvalue weighted by Gasteiger charge is -2.25. The van der Waals surface area contributed by atoms with E-state index in [1.807, 2.05) is 0 Å². The first-order valence-corrected chi connectivity index (χ1v) is 9.41. The second-order valence-electron chi connectivity index (χ2n) is 5.62. The first-order chi connectivity index (χ1) is 9.98. The van der Waals surface area contributed by atoms with E-state index in [1.165, 1.54) is 18.2 Å². The van der Waals surface area contributed by atoms with Crippen molar-refractivity contribution in [1.82, 2.24) is 9.21 Å². The van der Waals surface area contributed by atoms with Crippen LogP contribution in [0.2, 0.25) is 0 Å². The predicted molar refractivity (Wildman–Crippen MR) is 82.1 cm³/mol. The smallest absolute Gasteiger partial charge is 0.244 e. The van der Waals surface area contributed by atoms with E-state index in [9.17, 15) is 12.8 Å². The summed E-state index contributed by atoms with van der Waals surface area (Å²) in [6.45, 7) is 3.09. The second kappa shape index (κ2) is 5.95. The van der Waals surface area contributed by atoms with Crippen molar-refractivity contribution in [2.75, 3.05) is 26.2 Å². The molecule has 21 heavy (non-hydrogen) atoms. The lowest BCUT2D eigenvalue weighted by Crippen LogP contribution is -2.39. The van der Waals surface area contributed by atoms with Crippen LogP contribution >= 0.6 is 15.9 Å². The Bertz CT molecular complexity index is 638. The molecule has 2 aliphatic rings. The summed E-state index contributed by atoms with van der Waals surface area (Å²) in [5.41, 5.74) is 0. The predicted octanol–water partition coefficient (Wildman–Crippen LogP) is 2.45. The van der Waals surface area contributed by atoms with Crippen molar-refractivity contribution in [1.29, 1.82) is 0 Å². The van der Waals surface area contributed by atoms with Gasteiger partial charge in [0.25, 0.3) is 0 Å². The van der Waals surface area contributed by atoms with Gasteiger partial charge in [-0.15, -0.1) is 0 Å². The molecular weight excluding hydrogens is 359 g/mol. The number of fused-ring (bicyclic) bond motifs is 1. The molecule has 2 fully saturated rings. The van der Waals surface area contributed by atoms with Crippen LogP contribution in [0.1, 0.15) is 19.3 Å². The van der Waals surface area contributed by atoms with Crippen molar-refractivity contribution >= 4 is 26.0 Å². The highest BCUT2D eigenvalue weighted by atomic mass is 79.9. The summed E-state index contributed by atoms with van der Waals surface area (Å²) >= 11 is 3.17. The first kappa shape index (κ1) is 15.4. The monoisotopic (exact) mass is 376 g/mol. The topological polar surface area (TPSA) is 40.6 Å². The number of halogens is 2. The van der Waals surface area contributed by atoms with Crippen LogP contribution in [-0.4, -0.2) is 49.8 Å². The molecular formula is C14H18BrFN2O2S. The standard InChI is InChI=1S/C14H18BrFN2O2S/c15-13-9-11(16)4-5-14(13)21(19,20)18-8-2-7-17-6-1-3-12(17)10-18/h4-5,9,12H,1-3,6-8,10H2. The van der Waals surface area contributed by atoms with Crippen LogP contribution in [0, 0.1) is 5.82 Å². The van der Waals surface area contributed by atoms with E-state index in [4.69, 9.17) is 0 Å². The molecule has 3 rings (SSSR count). The molecule has 0 bridgehead atoms. The Morgan fingerprint density at radius 2 is 1.95 bits per heavy atom. The second-order valence-corrected chi connectivity index (χ2v) is 8.38. The lowest BCUT2D eigenvalue weighted by atomic mass is 10.2. The molecule has 0 aliphatic carbocycles. The van der Waals surface area contributed by atoms with Gasteiger partial charge in [-0.25, -0.2) is 12.8 Å². The van der Waals surface area contributed by atoms with Crippen LogP contribution in [0.3, 0.4) is 0 Å². The van der Waals surface area contributed by atoms with Gasteiger partial charge in [-0.1, -0.05) is 0 Å². The van der Waals surface area contributed by atoms with Gasteiger partial charge in [0.15, 0.2) is 0 Å². The third kappa shape index (κ3) is 3.02. The summed E-state index contributed by atoms with van der Waals surface area (Å²) in [6, 6.07) is 4.05. The van der Waals surface area contributed by atoms with Gasteiger partial charge in [0.05, 0.1) is 4.90 Å². The highest BCUT2D eigenvalue weighted by molar-refractivity contribution is 9.10. The van der Waals surface area contributed by atoms with E-state index in [1.54, 1.807) is 4.31 Å². The third-order valence-corrected chi connectivity index (χ3v) is 7.12. The maximum absolute atomic E-state index is 13.2. The molecule has 1 aromatic rings. The van der Waals surface area contributed by atoms with Crippen molar-refractivity contribution in [3.05, 3.63) is 28.5 Å². The SMILES string of the molecule is O=S(=O)(c1ccc(F)cc1Br)N1CCCN2CCCC2C1. The van der Waals surface area contributed by atoms with E-state index in [0.29, 0.717) is 19.1 Å². The van der Waals surface area contributed by atoms with Crippen LogP contribution in [0.4, 0.5) is 4.39 Å². The number of hydrogen-bond donors (Lipinski definition) is 0. The summed E-state index contributed by atoms with van der Waals surface area (Å²) in [5.74, 6) is -0.446. The number of rotatable bonds is 2. The van der Waals surface area contributed by atoms with Gasteiger partial charge < -0.3 is 0 Å². The fourth-order valence-corrected chi connectivity index (χ4v) is 5.74. The molecule has 2 saturated heterocycles. The van der Waals surface area contributed by atoms with Gasteiger partial charge in [-0.2, -0.15) is 4.31 Å². The van der Waals surface area contributed by atoms with Crippen LogP contribution in [0.15, 0.2) is 27.6 Å². The van der Waals surface area contributed by atoms with Crippen molar-refractivity contribution in [3.8, 4) is 0 Å². The fraction of sp³-hybridized carbons (Fsp3) is 0.571. The molecule has 1 unspecified atom stereocenters. The zero-order chi connectivity index (χ0) is 15.0. The molecule has 4 nitrogen and oxygen atoms in total. The summed E-state index contributed by atoms with van der Waals surface area (Å²) < 4.78 is 40.6. The highest BCUT2D eigenvalue weighted by Gasteiger charge is 2.35. The molecule has 7 heteroatoms. The van der Waals surface area contributed by atoms with E-state index >= 15 is 0 Å². The van der Waals surface area contributed by atoms with E-state index in [2.05, 4.69) is 20.8 Å². The fourth-order valence-electron chi connectivity index (χ4n) is 3.21. The van der Waals surface area contributed by atoms with Crippen molar-refractivity contribution in [2.24, 2.45) is 0 Å². The molecule has 1 aromatic carbocycles. The van der Waals surface area contributed by atoms with Crippen LogP contribution < -0.4 is 0 Å². The van der Waals surface area contributed by atoms with Gasteiger partial charge >= 0.3 is 0 Å². The summed E-state index contributed by atoms with van der Waals surface area (Å²) in [5, 5.41) is 0. The van der Waals surface area contributed by atoms with Crippen molar-refractivity contribution in [3.63, 3.8) is 0 Å². The van der Waals surface area contributed by atoms with Crippen LogP contribution in [0.25, 0.3) is 0 Å². The number of nitrogens with zero attached hydrogens (tertiary/aromatic N) is 2. The maximum atomic E-state index is 13.2. The molecule has 0 N–H and O–H groups in total. The third-order valence-electron chi connectivity index (χ3n) is 4.28.